The molecular formula is C49H52N6O7. The van der Waals surface area contributed by atoms with Gasteiger partial charge in [0.25, 0.3) is 5.91 Å². The van der Waals surface area contributed by atoms with Crippen LogP contribution in [0, 0.1) is 6.92 Å². The number of aromatic hydroxyl groups is 1. The van der Waals surface area contributed by atoms with Crippen molar-refractivity contribution in [1.29, 1.82) is 0 Å². The van der Waals surface area contributed by atoms with Gasteiger partial charge in [0.15, 0.2) is 0 Å². The monoisotopic (exact) mass is 836 g/mol. The van der Waals surface area contributed by atoms with E-state index in [4.69, 9.17) is 4.74 Å². The molecule has 1 aliphatic rings. The van der Waals surface area contributed by atoms with E-state index in [9.17, 15) is 29.4 Å². The Labute approximate surface area is 360 Å². The number of nitrogens with zero attached hydrogens (tertiary/aromatic N) is 2. The van der Waals surface area contributed by atoms with Crippen LogP contribution in [0.15, 0.2) is 126 Å². The van der Waals surface area contributed by atoms with Gasteiger partial charge in [-0.15, -0.1) is 0 Å². The summed E-state index contributed by atoms with van der Waals surface area (Å²) < 4.78 is 5.79. The van der Waals surface area contributed by atoms with Crippen molar-refractivity contribution in [1.82, 2.24) is 15.2 Å². The summed E-state index contributed by atoms with van der Waals surface area (Å²) in [4.78, 5) is 57.7. The lowest BCUT2D eigenvalue weighted by atomic mass is 10.0. The number of likely N-dealkylation sites (tertiary alicyclic amines) is 1. The first-order valence-electron chi connectivity index (χ1n) is 20.9. The molecule has 3 amide bonds. The Bertz CT molecular complexity index is 2570. The second-order valence-electron chi connectivity index (χ2n) is 15.6. The van der Waals surface area contributed by atoms with Crippen molar-refractivity contribution in [2.75, 3.05) is 55.3 Å². The van der Waals surface area contributed by atoms with Crippen molar-refractivity contribution in [2.24, 2.45) is 0 Å². The normalized spacial score (nSPS) is 13.7. The zero-order chi connectivity index (χ0) is 43.6. The van der Waals surface area contributed by atoms with Crippen LogP contribution in [0.1, 0.15) is 52.4 Å². The molecule has 1 aliphatic heterocycles. The molecule has 1 fully saturated rings. The molecule has 13 heteroatoms. The van der Waals surface area contributed by atoms with Gasteiger partial charge >= 0.3 is 6.09 Å². The van der Waals surface area contributed by atoms with Gasteiger partial charge in [0.2, 0.25) is 11.5 Å². The van der Waals surface area contributed by atoms with E-state index in [0.29, 0.717) is 91.0 Å². The summed E-state index contributed by atoms with van der Waals surface area (Å²) in [5.41, 5.74) is 6.82. The SMILES string of the molecule is Cc1ccc(C(=O)Nc2ccc(CCNC[C@H](O)c3ccc(O)c4[nH]c(=O)ccc34)cc2)cc1N(C)C(=O)CCN1CCC(OC(=O)Nc2ccccc2-c2ccccc2)CC1. The Kier molecular flexibility index (Phi) is 14.1. The average Bonchev–Trinajstić information content (AvgIpc) is 3.28. The van der Waals surface area contributed by atoms with Crippen LogP contribution in [-0.4, -0.2) is 83.9 Å². The highest BCUT2D eigenvalue weighted by Gasteiger charge is 2.24. The Balaban J connectivity index is 0.831. The van der Waals surface area contributed by atoms with Crippen LogP contribution in [0.5, 0.6) is 5.75 Å². The number of hydrogen-bond acceptors (Lipinski definition) is 9. The predicted octanol–water partition coefficient (Wildman–Crippen LogP) is 7.39. The van der Waals surface area contributed by atoms with Gasteiger partial charge in [-0.3, -0.25) is 19.7 Å². The minimum atomic E-state index is -0.851. The lowest BCUT2D eigenvalue weighted by Crippen LogP contribution is -2.40. The number of carbonyl (C=O) groups excluding carboxylic acids is 3. The maximum Gasteiger partial charge on any atom is 0.411 e. The number of phenols is 1. The first-order chi connectivity index (χ1) is 30.0. The smallest absolute Gasteiger partial charge is 0.411 e. The first kappa shape index (κ1) is 43.3. The summed E-state index contributed by atoms with van der Waals surface area (Å²) in [5, 5.41) is 30.7. The third-order valence-electron chi connectivity index (χ3n) is 11.3. The second-order valence-corrected chi connectivity index (χ2v) is 15.6. The molecule has 6 aromatic rings. The second kappa shape index (κ2) is 20.2. The minimum absolute atomic E-state index is 0.0560. The number of aromatic nitrogens is 1. The zero-order valence-electron chi connectivity index (χ0n) is 34.9. The molecule has 0 aliphatic carbocycles. The number of piperidine rings is 1. The van der Waals surface area contributed by atoms with Gasteiger partial charge < -0.3 is 40.4 Å². The number of aromatic amines is 1. The van der Waals surface area contributed by atoms with Crippen molar-refractivity contribution in [3.8, 4) is 16.9 Å². The molecule has 0 bridgehead atoms. The van der Waals surface area contributed by atoms with Crippen molar-refractivity contribution in [2.45, 2.75) is 44.8 Å². The number of H-pyrrole nitrogens is 1. The van der Waals surface area contributed by atoms with Gasteiger partial charge in [-0.2, -0.15) is 0 Å². The number of phenolic OH excluding ortho intramolecular Hbond substituents is 1. The summed E-state index contributed by atoms with van der Waals surface area (Å²) in [6.07, 6.45) is 0.786. The number of aliphatic hydroxyl groups is 1. The average molecular weight is 837 g/mol. The summed E-state index contributed by atoms with van der Waals surface area (Å²) in [5.74, 6) is -0.411. The Morgan fingerprint density at radius 1 is 0.887 bits per heavy atom. The van der Waals surface area contributed by atoms with Crippen molar-refractivity contribution in [3.63, 3.8) is 0 Å². The van der Waals surface area contributed by atoms with Crippen LogP contribution in [0.3, 0.4) is 0 Å². The van der Waals surface area contributed by atoms with Crippen LogP contribution in [0.4, 0.5) is 21.9 Å². The van der Waals surface area contributed by atoms with E-state index < -0.39 is 12.2 Å². The van der Waals surface area contributed by atoms with Crippen molar-refractivity contribution >= 4 is 45.9 Å². The van der Waals surface area contributed by atoms with E-state index in [-0.39, 0.29) is 35.8 Å². The van der Waals surface area contributed by atoms with E-state index in [0.717, 1.165) is 22.3 Å². The van der Waals surface area contributed by atoms with Gasteiger partial charge in [0.1, 0.15) is 11.9 Å². The Morgan fingerprint density at radius 3 is 2.40 bits per heavy atom. The lowest BCUT2D eigenvalue weighted by Gasteiger charge is -2.32. The molecule has 0 spiro atoms. The van der Waals surface area contributed by atoms with E-state index in [2.05, 4.69) is 25.8 Å². The summed E-state index contributed by atoms with van der Waals surface area (Å²) in [7, 11) is 1.73. The molecule has 62 heavy (non-hydrogen) atoms. The fraction of sp³-hybridized carbons (Fsp3) is 0.265. The van der Waals surface area contributed by atoms with E-state index >= 15 is 0 Å². The summed E-state index contributed by atoms with van der Waals surface area (Å²) in [6, 6.07) is 36.5. The molecule has 7 rings (SSSR count). The zero-order valence-corrected chi connectivity index (χ0v) is 34.9. The summed E-state index contributed by atoms with van der Waals surface area (Å²) >= 11 is 0. The van der Waals surface area contributed by atoms with Crippen LogP contribution in [0.25, 0.3) is 22.0 Å². The fourth-order valence-electron chi connectivity index (χ4n) is 7.76. The fourth-order valence-corrected chi connectivity index (χ4v) is 7.76. The number of nitrogens with one attached hydrogen (secondary N) is 4. The highest BCUT2D eigenvalue weighted by Crippen LogP contribution is 2.30. The third kappa shape index (κ3) is 10.9. The molecule has 2 heterocycles. The Hall–Kier alpha value is -6.80. The largest absolute Gasteiger partial charge is 0.506 e. The van der Waals surface area contributed by atoms with Crippen molar-refractivity contribution in [3.05, 3.63) is 154 Å². The number of amides is 3. The van der Waals surface area contributed by atoms with E-state index in [1.54, 1.807) is 36.2 Å². The first-order valence-corrected chi connectivity index (χ1v) is 20.9. The van der Waals surface area contributed by atoms with Gasteiger partial charge in [0.05, 0.1) is 17.3 Å². The number of anilines is 3. The van der Waals surface area contributed by atoms with Gasteiger partial charge in [0, 0.05) is 73.6 Å². The molecule has 0 saturated carbocycles. The molecule has 13 nitrogen and oxygen atoms in total. The van der Waals surface area contributed by atoms with Crippen LogP contribution >= 0.6 is 0 Å². The van der Waals surface area contributed by atoms with Gasteiger partial charge in [-0.1, -0.05) is 72.8 Å². The standard InChI is InChI=1S/C49H52N6O7/c1-32-12-15-35(48(60)51-36-16-13-33(14-17-36)22-26-50-31-44(57)39-18-20-43(56)47-40(39)19-21-45(58)53-47)30-42(32)54(2)46(59)25-29-55-27-23-37(24-28-55)62-49(61)52-41-11-7-6-10-38(41)34-8-4-3-5-9-34/h3-21,30,37,44,50,56-57H,22-29,31H2,1-2H3,(H,51,60)(H,52,61)(H,53,58)/t44-/m0/s1. The number of fused-ring (bicyclic) bond motifs is 1. The number of aryl methyl sites for hydroxylation is 1. The highest BCUT2D eigenvalue weighted by atomic mass is 16.6. The molecule has 6 N–H and O–H groups in total. The molecule has 1 atom stereocenters. The number of para-hydroxylation sites is 1. The molecular weight excluding hydrogens is 785 g/mol. The maximum absolute atomic E-state index is 13.4. The quantitative estimate of drug-likeness (QED) is 0.0576. The molecule has 5 aromatic carbocycles. The minimum Gasteiger partial charge on any atom is -0.506 e. The molecule has 0 radical (unpaired) electrons. The van der Waals surface area contributed by atoms with Crippen molar-refractivity contribution < 1.29 is 29.3 Å². The topological polar surface area (TPSA) is 176 Å². The molecule has 1 saturated heterocycles. The Morgan fingerprint density at radius 2 is 1.63 bits per heavy atom. The lowest BCUT2D eigenvalue weighted by molar-refractivity contribution is -0.118. The maximum atomic E-state index is 13.4. The van der Waals surface area contributed by atoms with Crippen LogP contribution in [-0.2, 0) is 16.0 Å². The number of aliphatic hydroxyl groups excluding tert-OH is 1. The number of ether oxygens (including phenoxy) is 1. The number of rotatable bonds is 15. The van der Waals surface area contributed by atoms with Crippen LogP contribution < -0.4 is 26.4 Å². The number of benzene rings is 5. The number of pyridine rings is 1. The van der Waals surface area contributed by atoms with Crippen LogP contribution in [0.2, 0.25) is 0 Å². The number of carbonyl (C=O) groups is 3. The predicted molar refractivity (Wildman–Crippen MR) is 243 cm³/mol. The summed E-state index contributed by atoms with van der Waals surface area (Å²) in [6.45, 7) is 4.76. The molecule has 1 aromatic heterocycles. The van der Waals surface area contributed by atoms with E-state index in [1.807, 2.05) is 91.9 Å². The molecule has 0 unspecified atom stereocenters. The van der Waals surface area contributed by atoms with Gasteiger partial charge in [-0.05, 0) is 97.4 Å². The third-order valence-corrected chi connectivity index (χ3v) is 11.3. The number of hydrogen-bond donors (Lipinski definition) is 6. The highest BCUT2D eigenvalue weighted by molar-refractivity contribution is 6.06. The molecule has 320 valence electrons. The van der Waals surface area contributed by atoms with E-state index in [1.165, 1.54) is 12.1 Å². The van der Waals surface area contributed by atoms with Gasteiger partial charge in [-0.25, -0.2) is 4.79 Å².